The summed E-state index contributed by atoms with van der Waals surface area (Å²) >= 11 is 0. The standard InChI is InChI=1S/C20H16N4O6/c1-3-9-30-18-16(24(27)28)10-13(11-17(18)29-4-2)12-21-23-19(25)14-7-5-6-8-15(14)22-20(23)26/h1,5-8,10-12H,4,9H2,2H3,(H,22,26). The number of fused-ring (bicyclic) bond motifs is 1. The lowest BCUT2D eigenvalue weighted by Gasteiger charge is -2.11. The van der Waals surface area contributed by atoms with Crippen LogP contribution in [0, 0.1) is 22.5 Å². The maximum Gasteiger partial charge on any atom is 0.349 e. The van der Waals surface area contributed by atoms with E-state index in [4.69, 9.17) is 15.9 Å². The van der Waals surface area contributed by atoms with E-state index < -0.39 is 21.9 Å². The molecule has 0 unspecified atom stereocenters. The van der Waals surface area contributed by atoms with Crippen LogP contribution < -0.4 is 20.7 Å². The number of hydrogen-bond donors (Lipinski definition) is 1. The van der Waals surface area contributed by atoms with Crippen LogP contribution in [-0.4, -0.2) is 34.0 Å². The van der Waals surface area contributed by atoms with Crippen molar-refractivity contribution in [1.29, 1.82) is 0 Å². The second-order valence-electron chi connectivity index (χ2n) is 5.89. The number of nitro benzene ring substituents is 1. The smallest absolute Gasteiger partial charge is 0.349 e. The summed E-state index contributed by atoms with van der Waals surface area (Å²) in [6.07, 6.45) is 6.31. The summed E-state index contributed by atoms with van der Waals surface area (Å²) in [6.45, 7) is 1.73. The van der Waals surface area contributed by atoms with Crippen molar-refractivity contribution in [3.05, 3.63) is 72.9 Å². The molecule has 30 heavy (non-hydrogen) atoms. The molecule has 0 aliphatic carbocycles. The third-order valence-electron chi connectivity index (χ3n) is 3.96. The number of hydrogen-bond acceptors (Lipinski definition) is 7. The Balaban J connectivity index is 2.11. The zero-order valence-electron chi connectivity index (χ0n) is 15.8. The third-order valence-corrected chi connectivity index (χ3v) is 3.96. The Morgan fingerprint density at radius 1 is 1.30 bits per heavy atom. The first-order valence-electron chi connectivity index (χ1n) is 8.76. The zero-order valence-corrected chi connectivity index (χ0v) is 15.8. The maximum atomic E-state index is 12.5. The Bertz CT molecular complexity index is 1300. The molecule has 1 heterocycles. The zero-order chi connectivity index (χ0) is 21.7. The molecule has 152 valence electrons. The first kappa shape index (κ1) is 20.3. The van der Waals surface area contributed by atoms with Crippen LogP contribution in [0.4, 0.5) is 5.69 Å². The molecule has 0 saturated heterocycles. The SMILES string of the molecule is C#CCOc1c(OCC)cc(C=Nn2c(=O)[nH]c3ccccc3c2=O)cc1[N+](=O)[O-]. The van der Waals surface area contributed by atoms with Gasteiger partial charge in [-0.05, 0) is 25.1 Å². The van der Waals surface area contributed by atoms with Crippen LogP contribution in [0.15, 0.2) is 51.1 Å². The van der Waals surface area contributed by atoms with E-state index in [0.29, 0.717) is 10.2 Å². The lowest BCUT2D eigenvalue weighted by molar-refractivity contribution is -0.385. The van der Waals surface area contributed by atoms with E-state index in [9.17, 15) is 19.7 Å². The Kier molecular flexibility index (Phi) is 5.93. The molecule has 0 spiro atoms. The molecule has 2 aromatic carbocycles. The molecule has 1 aromatic heterocycles. The molecule has 0 radical (unpaired) electrons. The summed E-state index contributed by atoms with van der Waals surface area (Å²) in [4.78, 5) is 38.1. The van der Waals surface area contributed by atoms with Gasteiger partial charge in [0.15, 0.2) is 5.75 Å². The lowest BCUT2D eigenvalue weighted by atomic mass is 10.2. The van der Waals surface area contributed by atoms with E-state index in [0.717, 1.165) is 6.21 Å². The molecule has 0 fully saturated rings. The number of nitrogens with one attached hydrogen (secondary N) is 1. The molecule has 0 bridgehead atoms. The van der Waals surface area contributed by atoms with Gasteiger partial charge in [0.25, 0.3) is 5.56 Å². The van der Waals surface area contributed by atoms with Gasteiger partial charge in [0, 0.05) is 11.6 Å². The first-order valence-corrected chi connectivity index (χ1v) is 8.76. The van der Waals surface area contributed by atoms with Crippen molar-refractivity contribution < 1.29 is 14.4 Å². The predicted octanol–water partition coefficient (Wildman–Crippen LogP) is 1.89. The van der Waals surface area contributed by atoms with Crippen LogP contribution in [0.25, 0.3) is 10.9 Å². The minimum absolute atomic E-state index is 0.0863. The van der Waals surface area contributed by atoms with Gasteiger partial charge in [0.2, 0.25) is 5.75 Å². The second-order valence-corrected chi connectivity index (χ2v) is 5.89. The van der Waals surface area contributed by atoms with Gasteiger partial charge in [-0.2, -0.15) is 5.10 Å². The van der Waals surface area contributed by atoms with Gasteiger partial charge >= 0.3 is 11.4 Å². The van der Waals surface area contributed by atoms with Crippen molar-refractivity contribution in [3.63, 3.8) is 0 Å². The highest BCUT2D eigenvalue weighted by atomic mass is 16.6. The normalized spacial score (nSPS) is 10.8. The van der Waals surface area contributed by atoms with Crippen LogP contribution in [0.5, 0.6) is 11.5 Å². The van der Waals surface area contributed by atoms with E-state index in [-0.39, 0.29) is 35.7 Å². The number of rotatable bonds is 7. The quantitative estimate of drug-likeness (QED) is 0.275. The molecular weight excluding hydrogens is 392 g/mol. The van der Waals surface area contributed by atoms with E-state index in [2.05, 4.69) is 16.0 Å². The van der Waals surface area contributed by atoms with Gasteiger partial charge < -0.3 is 14.5 Å². The molecule has 0 amide bonds. The Morgan fingerprint density at radius 3 is 2.77 bits per heavy atom. The Morgan fingerprint density at radius 2 is 2.07 bits per heavy atom. The number of nitro groups is 1. The van der Waals surface area contributed by atoms with Crippen LogP contribution in [0.2, 0.25) is 0 Å². The molecule has 10 nitrogen and oxygen atoms in total. The third kappa shape index (κ3) is 4.05. The number of nitrogens with zero attached hydrogens (tertiary/aromatic N) is 3. The van der Waals surface area contributed by atoms with Gasteiger partial charge in [0.1, 0.15) is 6.61 Å². The number of aromatic nitrogens is 2. The maximum absolute atomic E-state index is 12.5. The van der Waals surface area contributed by atoms with Gasteiger partial charge in [-0.15, -0.1) is 11.1 Å². The average molecular weight is 408 g/mol. The largest absolute Gasteiger partial charge is 0.490 e. The summed E-state index contributed by atoms with van der Waals surface area (Å²) in [5.74, 6) is 2.21. The number of benzene rings is 2. The molecule has 3 rings (SSSR count). The predicted molar refractivity (Wildman–Crippen MR) is 110 cm³/mol. The van der Waals surface area contributed by atoms with Crippen molar-refractivity contribution in [2.75, 3.05) is 13.2 Å². The molecule has 0 atom stereocenters. The van der Waals surface area contributed by atoms with Crippen molar-refractivity contribution in [2.24, 2.45) is 5.10 Å². The Hall–Kier alpha value is -4.39. The summed E-state index contributed by atoms with van der Waals surface area (Å²) < 4.78 is 11.3. The molecule has 3 aromatic rings. The first-order chi connectivity index (χ1) is 14.5. The minimum atomic E-state index is -0.747. The fourth-order valence-corrected chi connectivity index (χ4v) is 2.72. The van der Waals surface area contributed by atoms with Crippen LogP contribution in [-0.2, 0) is 0 Å². The van der Waals surface area contributed by atoms with Crippen LogP contribution in [0.1, 0.15) is 12.5 Å². The van der Waals surface area contributed by atoms with Crippen LogP contribution >= 0.6 is 0 Å². The minimum Gasteiger partial charge on any atom is -0.490 e. The number of H-pyrrole nitrogens is 1. The fraction of sp³-hybridized carbons (Fsp3) is 0.150. The molecular formula is C20H16N4O6. The lowest BCUT2D eigenvalue weighted by Crippen LogP contribution is -2.32. The van der Waals surface area contributed by atoms with Crippen molar-refractivity contribution >= 4 is 22.8 Å². The van der Waals surface area contributed by atoms with Gasteiger partial charge in [-0.3, -0.25) is 14.9 Å². The van der Waals surface area contributed by atoms with E-state index >= 15 is 0 Å². The molecule has 0 aliphatic rings. The molecule has 0 aliphatic heterocycles. The topological polar surface area (TPSA) is 129 Å². The number of aromatic amines is 1. The number of terminal acetylenes is 1. The van der Waals surface area contributed by atoms with Crippen LogP contribution in [0.3, 0.4) is 0 Å². The average Bonchev–Trinajstić information content (AvgIpc) is 2.72. The van der Waals surface area contributed by atoms with E-state index in [1.54, 1.807) is 31.2 Å². The summed E-state index contributed by atoms with van der Waals surface area (Å²) in [5.41, 5.74) is -1.17. The van der Waals surface area contributed by atoms with E-state index in [1.165, 1.54) is 12.1 Å². The van der Waals surface area contributed by atoms with Gasteiger partial charge in [-0.1, -0.05) is 18.1 Å². The summed E-state index contributed by atoms with van der Waals surface area (Å²) in [5, 5.41) is 15.7. The van der Waals surface area contributed by atoms with Crippen molar-refractivity contribution in [1.82, 2.24) is 9.66 Å². The highest BCUT2D eigenvalue weighted by molar-refractivity contribution is 5.83. The van der Waals surface area contributed by atoms with Gasteiger partial charge in [-0.25, -0.2) is 4.79 Å². The highest BCUT2D eigenvalue weighted by Crippen LogP contribution is 2.38. The number of para-hydroxylation sites is 1. The second kappa shape index (κ2) is 8.74. The van der Waals surface area contributed by atoms with Crippen molar-refractivity contribution in [2.45, 2.75) is 6.92 Å². The van der Waals surface area contributed by atoms with E-state index in [1.807, 2.05) is 0 Å². The highest BCUT2D eigenvalue weighted by Gasteiger charge is 2.22. The van der Waals surface area contributed by atoms with Crippen molar-refractivity contribution in [3.8, 4) is 23.8 Å². The fourth-order valence-electron chi connectivity index (χ4n) is 2.72. The van der Waals surface area contributed by atoms with Gasteiger partial charge in [0.05, 0.1) is 28.6 Å². The monoisotopic (exact) mass is 408 g/mol. The Labute approximate surface area is 169 Å². The number of ether oxygens (including phenoxy) is 2. The molecule has 0 saturated carbocycles. The molecule has 10 heteroatoms. The molecule has 1 N–H and O–H groups in total. The summed E-state index contributed by atoms with van der Waals surface area (Å²) in [7, 11) is 0. The summed E-state index contributed by atoms with van der Waals surface area (Å²) in [6, 6.07) is 9.10.